The van der Waals surface area contributed by atoms with Crippen LogP contribution >= 0.6 is 0 Å². The van der Waals surface area contributed by atoms with Gasteiger partial charge >= 0.3 is 0 Å². The molecular formula is C15H24N2O. The Morgan fingerprint density at radius 3 is 2.11 bits per heavy atom. The summed E-state index contributed by atoms with van der Waals surface area (Å²) in [5.41, 5.74) is 7.34. The van der Waals surface area contributed by atoms with Gasteiger partial charge in [-0.1, -0.05) is 26.0 Å². The molecule has 100 valence electrons. The van der Waals surface area contributed by atoms with Crippen LogP contribution in [0.15, 0.2) is 24.3 Å². The highest BCUT2D eigenvalue weighted by Gasteiger charge is 2.19. The molecule has 0 aliphatic carbocycles. The fourth-order valence-corrected chi connectivity index (χ4v) is 1.87. The van der Waals surface area contributed by atoms with E-state index < -0.39 is 0 Å². The molecule has 0 saturated heterocycles. The van der Waals surface area contributed by atoms with Crippen molar-refractivity contribution in [3.63, 3.8) is 0 Å². The Morgan fingerprint density at radius 1 is 1.17 bits per heavy atom. The summed E-state index contributed by atoms with van der Waals surface area (Å²) in [6, 6.07) is 7.77. The number of benzene rings is 1. The third kappa shape index (κ3) is 3.84. The van der Waals surface area contributed by atoms with E-state index in [4.69, 9.17) is 5.73 Å². The van der Waals surface area contributed by atoms with E-state index in [1.54, 1.807) is 0 Å². The van der Waals surface area contributed by atoms with Crippen molar-refractivity contribution in [1.29, 1.82) is 0 Å². The molecule has 2 N–H and O–H groups in total. The summed E-state index contributed by atoms with van der Waals surface area (Å²) in [5.74, 6) is 0.571. The zero-order valence-electron chi connectivity index (χ0n) is 11.8. The minimum Gasteiger partial charge on any atom is -0.336 e. The lowest BCUT2D eigenvalue weighted by Gasteiger charge is -2.28. The van der Waals surface area contributed by atoms with Crippen molar-refractivity contribution in [3.05, 3.63) is 35.4 Å². The van der Waals surface area contributed by atoms with Gasteiger partial charge in [0.05, 0.1) is 0 Å². The van der Waals surface area contributed by atoms with E-state index in [9.17, 15) is 4.79 Å². The second-order valence-electron chi connectivity index (χ2n) is 5.35. The Balaban J connectivity index is 2.87. The largest absolute Gasteiger partial charge is 0.336 e. The minimum absolute atomic E-state index is 0.0993. The lowest BCUT2D eigenvalue weighted by atomic mass is 10.1. The molecule has 3 nitrogen and oxygen atoms in total. The molecule has 3 heteroatoms. The first-order valence-electron chi connectivity index (χ1n) is 6.55. The molecule has 0 aromatic heterocycles. The highest BCUT2D eigenvalue weighted by atomic mass is 16.2. The van der Waals surface area contributed by atoms with Gasteiger partial charge in [0.15, 0.2) is 0 Å². The van der Waals surface area contributed by atoms with E-state index in [-0.39, 0.29) is 11.9 Å². The molecule has 1 aromatic carbocycles. The summed E-state index contributed by atoms with van der Waals surface area (Å²) in [7, 11) is 0. The fourth-order valence-electron chi connectivity index (χ4n) is 1.87. The van der Waals surface area contributed by atoms with Crippen LogP contribution in [0.4, 0.5) is 0 Å². The number of amides is 1. The summed E-state index contributed by atoms with van der Waals surface area (Å²) in [6.45, 7) is 9.65. The molecule has 0 heterocycles. The van der Waals surface area contributed by atoms with E-state index in [2.05, 4.69) is 27.7 Å². The molecule has 0 aliphatic rings. The van der Waals surface area contributed by atoms with Crippen molar-refractivity contribution in [2.24, 2.45) is 11.7 Å². The summed E-state index contributed by atoms with van der Waals surface area (Å²) < 4.78 is 0. The average Bonchev–Trinajstić information content (AvgIpc) is 2.34. The molecular weight excluding hydrogens is 224 g/mol. The average molecular weight is 248 g/mol. The molecule has 0 aliphatic heterocycles. The van der Waals surface area contributed by atoms with Gasteiger partial charge in [-0.2, -0.15) is 0 Å². The third-order valence-corrected chi connectivity index (χ3v) is 2.88. The molecule has 0 fully saturated rings. The highest BCUT2D eigenvalue weighted by molar-refractivity contribution is 5.94. The summed E-state index contributed by atoms with van der Waals surface area (Å²) >= 11 is 0. The summed E-state index contributed by atoms with van der Waals surface area (Å²) in [5, 5.41) is 0. The monoisotopic (exact) mass is 248 g/mol. The maximum atomic E-state index is 12.4. The predicted molar refractivity (Wildman–Crippen MR) is 75.3 cm³/mol. The Morgan fingerprint density at radius 2 is 1.72 bits per heavy atom. The molecule has 0 bridgehead atoms. The first kappa shape index (κ1) is 14.7. The van der Waals surface area contributed by atoms with Gasteiger partial charge in [0, 0.05) is 24.7 Å². The lowest BCUT2D eigenvalue weighted by molar-refractivity contribution is 0.0682. The topological polar surface area (TPSA) is 46.3 Å². The number of nitrogens with two attached hydrogens (primary N) is 1. The van der Waals surface area contributed by atoms with Crippen LogP contribution in [0.1, 0.15) is 43.6 Å². The molecule has 18 heavy (non-hydrogen) atoms. The molecule has 0 radical (unpaired) electrons. The van der Waals surface area contributed by atoms with E-state index in [1.165, 1.54) is 0 Å². The van der Waals surface area contributed by atoms with E-state index in [0.717, 1.165) is 17.7 Å². The standard InChI is InChI=1S/C15H24N2O/c1-11(2)10-17(12(3)4)15(18)14-7-5-13(9-16)6-8-14/h5-8,11-12H,9-10,16H2,1-4H3. The van der Waals surface area contributed by atoms with Crippen LogP contribution in [0.25, 0.3) is 0 Å². The molecule has 1 amide bonds. The van der Waals surface area contributed by atoms with Crippen LogP contribution in [0.2, 0.25) is 0 Å². The lowest BCUT2D eigenvalue weighted by Crippen LogP contribution is -2.39. The van der Waals surface area contributed by atoms with Crippen LogP contribution in [-0.2, 0) is 6.54 Å². The van der Waals surface area contributed by atoms with Gasteiger partial charge in [0.25, 0.3) is 5.91 Å². The Hall–Kier alpha value is -1.35. The van der Waals surface area contributed by atoms with Gasteiger partial charge in [-0.15, -0.1) is 0 Å². The maximum absolute atomic E-state index is 12.4. The van der Waals surface area contributed by atoms with Crippen molar-refractivity contribution in [2.45, 2.75) is 40.3 Å². The molecule has 0 spiro atoms. The zero-order valence-corrected chi connectivity index (χ0v) is 11.8. The number of carbonyl (C=O) groups excluding carboxylic acids is 1. The van der Waals surface area contributed by atoms with Gasteiger partial charge in [0.1, 0.15) is 0 Å². The van der Waals surface area contributed by atoms with Crippen molar-refractivity contribution in [3.8, 4) is 0 Å². The first-order chi connectivity index (χ1) is 8.45. The maximum Gasteiger partial charge on any atom is 0.254 e. The van der Waals surface area contributed by atoms with Gasteiger partial charge in [-0.05, 0) is 37.5 Å². The van der Waals surface area contributed by atoms with Gasteiger partial charge in [-0.25, -0.2) is 0 Å². The third-order valence-electron chi connectivity index (χ3n) is 2.88. The van der Waals surface area contributed by atoms with E-state index in [1.807, 2.05) is 29.2 Å². The number of nitrogens with zero attached hydrogens (tertiary/aromatic N) is 1. The number of rotatable bonds is 5. The van der Waals surface area contributed by atoms with Crippen molar-refractivity contribution < 1.29 is 4.79 Å². The fraction of sp³-hybridized carbons (Fsp3) is 0.533. The number of hydrogen-bond acceptors (Lipinski definition) is 2. The second kappa shape index (κ2) is 6.55. The molecule has 0 unspecified atom stereocenters. The highest BCUT2D eigenvalue weighted by Crippen LogP contribution is 2.12. The van der Waals surface area contributed by atoms with E-state index in [0.29, 0.717) is 12.5 Å². The van der Waals surface area contributed by atoms with Crippen LogP contribution < -0.4 is 5.73 Å². The van der Waals surface area contributed by atoms with Crippen LogP contribution in [0.5, 0.6) is 0 Å². The Labute approximate surface area is 110 Å². The van der Waals surface area contributed by atoms with Crippen molar-refractivity contribution >= 4 is 5.91 Å². The Bertz CT molecular complexity index is 382. The molecule has 1 rings (SSSR count). The predicted octanol–water partition coefficient (Wildman–Crippen LogP) is 2.65. The van der Waals surface area contributed by atoms with Crippen LogP contribution in [-0.4, -0.2) is 23.4 Å². The smallest absolute Gasteiger partial charge is 0.254 e. The van der Waals surface area contributed by atoms with Crippen molar-refractivity contribution in [1.82, 2.24) is 4.90 Å². The molecule has 1 aromatic rings. The summed E-state index contributed by atoms with van der Waals surface area (Å²) in [4.78, 5) is 14.3. The molecule has 0 atom stereocenters. The van der Waals surface area contributed by atoms with Gasteiger partial charge in [-0.3, -0.25) is 4.79 Å². The number of hydrogen-bond donors (Lipinski definition) is 1. The van der Waals surface area contributed by atoms with Crippen LogP contribution in [0.3, 0.4) is 0 Å². The quantitative estimate of drug-likeness (QED) is 0.870. The van der Waals surface area contributed by atoms with Crippen molar-refractivity contribution in [2.75, 3.05) is 6.54 Å². The SMILES string of the molecule is CC(C)CN(C(=O)c1ccc(CN)cc1)C(C)C. The Kier molecular flexibility index (Phi) is 5.35. The van der Waals surface area contributed by atoms with E-state index >= 15 is 0 Å². The zero-order chi connectivity index (χ0) is 13.7. The van der Waals surface area contributed by atoms with Gasteiger partial charge < -0.3 is 10.6 Å². The first-order valence-corrected chi connectivity index (χ1v) is 6.55. The minimum atomic E-state index is 0.0993. The normalized spacial score (nSPS) is 11.1. The summed E-state index contributed by atoms with van der Waals surface area (Å²) in [6.07, 6.45) is 0. The molecule has 0 saturated carbocycles. The number of carbonyl (C=O) groups is 1. The van der Waals surface area contributed by atoms with Crippen LogP contribution in [0, 0.1) is 5.92 Å². The van der Waals surface area contributed by atoms with Gasteiger partial charge in [0.2, 0.25) is 0 Å². The second-order valence-corrected chi connectivity index (χ2v) is 5.35.